The monoisotopic (exact) mass is 318 g/mol. The zero-order valence-electron chi connectivity index (χ0n) is 9.22. The molecule has 0 radical (unpaired) electrons. The molecule has 2 aliphatic rings. The third-order valence-corrected chi connectivity index (χ3v) is 4.37. The first kappa shape index (κ1) is 14.7. The Bertz CT molecular complexity index is 482. The molecule has 0 saturated heterocycles. The second-order valence-electron chi connectivity index (χ2n) is 4.57. The van der Waals surface area contributed by atoms with E-state index in [0.29, 0.717) is 6.08 Å². The number of allylic oxidation sites excluding steroid dienone is 4. The Hall–Kier alpha value is -0.750. The number of alkyl halides is 5. The topological polar surface area (TPSA) is 37.3 Å². The van der Waals surface area contributed by atoms with Gasteiger partial charge in [0.05, 0.1) is 11.5 Å². The Morgan fingerprint density at radius 3 is 2.42 bits per heavy atom. The van der Waals surface area contributed by atoms with Crippen molar-refractivity contribution in [2.24, 2.45) is 17.8 Å². The number of rotatable bonds is 2. The molecule has 2 aliphatic carbocycles. The Labute approximate surface area is 115 Å². The number of carboxylic acids is 1. The number of carboxylic acid groups (broad SMARTS) is 1. The molecule has 0 aromatic carbocycles. The molecule has 1 saturated carbocycles. The van der Waals surface area contributed by atoms with Crippen molar-refractivity contribution in [3.63, 3.8) is 0 Å². The first-order chi connectivity index (χ1) is 8.56. The molecule has 2 rings (SSSR count). The van der Waals surface area contributed by atoms with E-state index in [4.69, 9.17) is 28.3 Å². The van der Waals surface area contributed by atoms with Crippen LogP contribution in [0.3, 0.4) is 0 Å². The third kappa shape index (κ3) is 2.48. The van der Waals surface area contributed by atoms with Crippen LogP contribution in [0.2, 0.25) is 0 Å². The van der Waals surface area contributed by atoms with Crippen molar-refractivity contribution in [2.75, 3.05) is 0 Å². The molecule has 0 aromatic heterocycles. The molecular formula is C11H8Cl2F4O2. The molecule has 0 heterocycles. The van der Waals surface area contributed by atoms with E-state index in [9.17, 15) is 22.4 Å². The van der Waals surface area contributed by atoms with Crippen LogP contribution < -0.4 is 0 Å². The lowest BCUT2D eigenvalue weighted by Gasteiger charge is -2.21. The maximum absolute atomic E-state index is 13.1. The van der Waals surface area contributed by atoms with Crippen LogP contribution in [0, 0.1) is 17.8 Å². The first-order valence-corrected chi connectivity index (χ1v) is 6.07. The highest BCUT2D eigenvalue weighted by Gasteiger charge is 2.69. The summed E-state index contributed by atoms with van der Waals surface area (Å²) in [5.74, 6) is -5.46. The highest BCUT2D eigenvalue weighted by Crippen LogP contribution is 2.64. The average Bonchev–Trinajstić information content (AvgIpc) is 2.80. The van der Waals surface area contributed by atoms with Crippen molar-refractivity contribution in [3.8, 4) is 0 Å². The Morgan fingerprint density at radius 1 is 1.42 bits per heavy atom. The smallest absolute Gasteiger partial charge is 0.415 e. The van der Waals surface area contributed by atoms with E-state index in [1.807, 2.05) is 0 Å². The van der Waals surface area contributed by atoms with Gasteiger partial charge in [0.25, 0.3) is 0 Å². The van der Waals surface area contributed by atoms with Gasteiger partial charge >= 0.3 is 12.1 Å². The summed E-state index contributed by atoms with van der Waals surface area (Å²) in [5, 5.41) is 8.87. The van der Waals surface area contributed by atoms with E-state index < -0.39 is 52.1 Å². The van der Waals surface area contributed by atoms with Gasteiger partial charge in [-0.2, -0.15) is 13.2 Å². The van der Waals surface area contributed by atoms with Crippen molar-refractivity contribution in [2.45, 2.75) is 16.9 Å². The predicted molar refractivity (Wildman–Crippen MR) is 60.5 cm³/mol. The van der Waals surface area contributed by atoms with Crippen LogP contribution in [-0.4, -0.2) is 21.6 Å². The number of hydrogen-bond donors (Lipinski definition) is 1. The minimum Gasteiger partial charge on any atom is -0.481 e. The van der Waals surface area contributed by atoms with Crippen LogP contribution in [0.15, 0.2) is 23.6 Å². The Balaban J connectivity index is 2.20. The normalized spacial score (nSPS) is 33.5. The van der Waals surface area contributed by atoms with Gasteiger partial charge in [0.1, 0.15) is 10.2 Å². The Kier molecular flexibility index (Phi) is 3.38. The van der Waals surface area contributed by atoms with Crippen LogP contribution in [0.1, 0.15) is 6.42 Å². The lowest BCUT2D eigenvalue weighted by molar-refractivity contribution is -0.139. The molecule has 1 N–H and O–H groups in total. The summed E-state index contributed by atoms with van der Waals surface area (Å²) in [5.41, 5.74) is -1.31. The van der Waals surface area contributed by atoms with Crippen molar-refractivity contribution < 1.29 is 27.5 Å². The van der Waals surface area contributed by atoms with Crippen LogP contribution in [0.4, 0.5) is 17.6 Å². The van der Waals surface area contributed by atoms with E-state index in [-0.39, 0.29) is 0 Å². The molecule has 3 unspecified atom stereocenters. The van der Waals surface area contributed by atoms with Crippen molar-refractivity contribution in [1.82, 2.24) is 0 Å². The zero-order chi connectivity index (χ0) is 14.6. The van der Waals surface area contributed by atoms with Crippen LogP contribution in [0.5, 0.6) is 0 Å². The maximum atomic E-state index is 13.1. The molecule has 0 spiro atoms. The molecule has 1 fully saturated rings. The summed E-state index contributed by atoms with van der Waals surface area (Å²) in [7, 11) is 0. The van der Waals surface area contributed by atoms with E-state index in [1.165, 1.54) is 6.08 Å². The quantitative estimate of drug-likeness (QED) is 0.620. The summed E-state index contributed by atoms with van der Waals surface area (Å²) in [6.45, 7) is 0. The van der Waals surface area contributed by atoms with Crippen LogP contribution in [0.25, 0.3) is 0 Å². The number of aliphatic carboxylic acids is 1. The lowest BCUT2D eigenvalue weighted by atomic mass is 9.88. The molecule has 106 valence electrons. The highest BCUT2D eigenvalue weighted by molar-refractivity contribution is 6.52. The second kappa shape index (κ2) is 4.38. The molecule has 3 atom stereocenters. The number of carbonyl (C=O) groups is 1. The van der Waals surface area contributed by atoms with Crippen molar-refractivity contribution >= 4 is 29.2 Å². The van der Waals surface area contributed by atoms with Gasteiger partial charge in [0.15, 0.2) is 0 Å². The lowest BCUT2D eigenvalue weighted by Crippen LogP contribution is -2.20. The largest absolute Gasteiger partial charge is 0.481 e. The summed E-state index contributed by atoms with van der Waals surface area (Å²) in [6.07, 6.45) is -3.56. The fourth-order valence-electron chi connectivity index (χ4n) is 2.41. The molecular weight excluding hydrogens is 311 g/mol. The minimum absolute atomic E-state index is 0.651. The van der Waals surface area contributed by atoms with Crippen molar-refractivity contribution in [1.29, 1.82) is 0 Å². The maximum Gasteiger partial charge on any atom is 0.415 e. The van der Waals surface area contributed by atoms with Gasteiger partial charge in [-0.3, -0.25) is 4.79 Å². The fourth-order valence-corrected chi connectivity index (χ4v) is 3.32. The van der Waals surface area contributed by atoms with Crippen molar-refractivity contribution in [3.05, 3.63) is 23.6 Å². The molecule has 0 aliphatic heterocycles. The first-order valence-electron chi connectivity index (χ1n) is 5.31. The zero-order valence-corrected chi connectivity index (χ0v) is 10.7. The molecule has 0 bridgehead atoms. The van der Waals surface area contributed by atoms with Gasteiger partial charge in [-0.1, -0.05) is 6.08 Å². The van der Waals surface area contributed by atoms with Gasteiger partial charge in [-0.15, -0.1) is 23.2 Å². The second-order valence-corrected chi connectivity index (χ2v) is 6.01. The van der Waals surface area contributed by atoms with E-state index in [2.05, 4.69) is 0 Å². The SMILES string of the molecule is O=C(O)C1C(C2C=CC(F)=C(C(F)(F)F)C2)C1(Cl)Cl. The van der Waals surface area contributed by atoms with Gasteiger partial charge < -0.3 is 5.11 Å². The highest BCUT2D eigenvalue weighted by atomic mass is 35.5. The fraction of sp³-hybridized carbons (Fsp3) is 0.545. The number of hydrogen-bond acceptors (Lipinski definition) is 1. The molecule has 0 amide bonds. The molecule has 19 heavy (non-hydrogen) atoms. The van der Waals surface area contributed by atoms with Crippen LogP contribution >= 0.6 is 23.2 Å². The molecule has 0 aromatic rings. The van der Waals surface area contributed by atoms with E-state index in [0.717, 1.165) is 0 Å². The summed E-state index contributed by atoms with van der Waals surface area (Å²) in [6, 6.07) is 0. The Morgan fingerprint density at radius 2 is 2.00 bits per heavy atom. The number of halogens is 6. The van der Waals surface area contributed by atoms with E-state index in [1.54, 1.807) is 0 Å². The molecule has 2 nitrogen and oxygen atoms in total. The van der Waals surface area contributed by atoms with Crippen LogP contribution in [-0.2, 0) is 4.79 Å². The third-order valence-electron chi connectivity index (χ3n) is 3.40. The summed E-state index contributed by atoms with van der Waals surface area (Å²) < 4.78 is 49.3. The summed E-state index contributed by atoms with van der Waals surface area (Å²) >= 11 is 11.5. The van der Waals surface area contributed by atoms with Gasteiger partial charge in [0.2, 0.25) is 0 Å². The predicted octanol–water partition coefficient (Wildman–Crippen LogP) is 3.85. The van der Waals surface area contributed by atoms with Gasteiger partial charge in [-0.05, 0) is 18.4 Å². The standard InChI is InChI=1S/C11H8Cl2F4O2/c12-10(13)7(8(10)9(18)19)4-1-2-6(14)5(3-4)11(15,16)17/h1-2,4,7-8H,3H2,(H,18,19). The van der Waals surface area contributed by atoms with E-state index >= 15 is 0 Å². The van der Waals surface area contributed by atoms with Gasteiger partial charge in [0, 0.05) is 5.92 Å². The minimum atomic E-state index is -4.79. The molecule has 8 heteroatoms. The average molecular weight is 319 g/mol. The van der Waals surface area contributed by atoms with Gasteiger partial charge in [-0.25, -0.2) is 4.39 Å². The summed E-state index contributed by atoms with van der Waals surface area (Å²) in [4.78, 5) is 10.9.